The summed E-state index contributed by atoms with van der Waals surface area (Å²) in [6.45, 7) is 9.70. The summed E-state index contributed by atoms with van der Waals surface area (Å²) in [4.78, 5) is 40.1. The number of imide groups is 1. The molecule has 3 amide bonds. The molecule has 0 aromatic heterocycles. The summed E-state index contributed by atoms with van der Waals surface area (Å²) >= 11 is 0. The van der Waals surface area contributed by atoms with Crippen molar-refractivity contribution >= 4 is 17.9 Å². The van der Waals surface area contributed by atoms with E-state index in [9.17, 15) is 14.4 Å². The van der Waals surface area contributed by atoms with Crippen molar-refractivity contribution < 1.29 is 33.3 Å². The molecule has 36 heavy (non-hydrogen) atoms. The maximum absolute atomic E-state index is 12.6. The summed E-state index contributed by atoms with van der Waals surface area (Å²) < 4.78 is 23.7. The van der Waals surface area contributed by atoms with Gasteiger partial charge in [0.25, 0.3) is 0 Å². The molecule has 2 aliphatic heterocycles. The van der Waals surface area contributed by atoms with Crippen LogP contribution in [0.4, 0.5) is 4.79 Å². The van der Waals surface area contributed by atoms with E-state index < -0.39 is 29.8 Å². The van der Waals surface area contributed by atoms with E-state index in [1.165, 1.54) is 5.57 Å². The molecule has 0 radical (unpaired) electrons. The van der Waals surface area contributed by atoms with Gasteiger partial charge in [0.2, 0.25) is 11.8 Å². The molecule has 10 heteroatoms. The van der Waals surface area contributed by atoms with E-state index in [0.29, 0.717) is 32.5 Å². The van der Waals surface area contributed by atoms with E-state index in [0.717, 1.165) is 12.8 Å². The first-order valence-corrected chi connectivity index (χ1v) is 12.9. The van der Waals surface area contributed by atoms with Crippen LogP contribution in [0.15, 0.2) is 11.6 Å². The van der Waals surface area contributed by atoms with Crippen molar-refractivity contribution in [2.75, 3.05) is 47.4 Å². The number of amides is 3. The molecule has 3 rings (SSSR count). The number of likely N-dealkylation sites (N-methyl/N-ethyl adjacent to an activating group) is 2. The monoisotopic (exact) mass is 509 g/mol. The van der Waals surface area contributed by atoms with E-state index in [1.54, 1.807) is 31.0 Å². The number of ether oxygens (including phenoxy) is 4. The van der Waals surface area contributed by atoms with Crippen LogP contribution in [0.25, 0.3) is 0 Å². The normalized spacial score (nSPS) is 32.7. The molecule has 2 heterocycles. The fourth-order valence-corrected chi connectivity index (χ4v) is 5.43. The van der Waals surface area contributed by atoms with Crippen molar-refractivity contribution in [2.24, 2.45) is 5.92 Å². The van der Waals surface area contributed by atoms with Crippen LogP contribution in [-0.2, 0) is 28.5 Å². The van der Waals surface area contributed by atoms with E-state index in [1.807, 2.05) is 6.92 Å². The Morgan fingerprint density at radius 2 is 1.89 bits per heavy atom. The first-order chi connectivity index (χ1) is 17.0. The summed E-state index contributed by atoms with van der Waals surface area (Å²) in [5.41, 5.74) is 0.509. The zero-order valence-corrected chi connectivity index (χ0v) is 22.8. The first kappa shape index (κ1) is 28.6. The molecular formula is C26H43N3O7. The Balaban J connectivity index is 1.53. The van der Waals surface area contributed by atoms with Gasteiger partial charge in [0, 0.05) is 33.7 Å². The van der Waals surface area contributed by atoms with Crippen LogP contribution >= 0.6 is 0 Å². The lowest BCUT2D eigenvalue weighted by molar-refractivity contribution is -0.129. The molecule has 3 fully saturated rings. The van der Waals surface area contributed by atoms with Gasteiger partial charge in [-0.05, 0) is 47.1 Å². The van der Waals surface area contributed by atoms with Crippen LogP contribution in [0.5, 0.6) is 0 Å². The second-order valence-corrected chi connectivity index (χ2v) is 10.8. The molecule has 1 N–H and O–H groups in total. The van der Waals surface area contributed by atoms with Crippen LogP contribution < -0.4 is 5.32 Å². The number of nitrogens with one attached hydrogen (secondary N) is 1. The average molecular weight is 510 g/mol. The highest BCUT2D eigenvalue weighted by atomic mass is 16.6. The molecular weight excluding hydrogens is 466 g/mol. The minimum atomic E-state index is -0.784. The van der Waals surface area contributed by atoms with Gasteiger partial charge in [-0.1, -0.05) is 18.6 Å². The highest BCUT2D eigenvalue weighted by molar-refractivity contribution is 5.92. The van der Waals surface area contributed by atoms with Gasteiger partial charge in [0.05, 0.1) is 25.2 Å². The van der Waals surface area contributed by atoms with Gasteiger partial charge in [-0.3, -0.25) is 19.8 Å². The number of alkyl carbamates (subject to hydrolysis) is 1. The molecule has 1 saturated carbocycles. The Labute approximate surface area is 214 Å². The van der Waals surface area contributed by atoms with E-state index in [4.69, 9.17) is 18.9 Å². The van der Waals surface area contributed by atoms with Gasteiger partial charge >= 0.3 is 6.09 Å². The molecule has 0 aromatic carbocycles. The third-order valence-corrected chi connectivity index (χ3v) is 7.70. The number of hydrogen-bond donors (Lipinski definition) is 1. The van der Waals surface area contributed by atoms with Crippen LogP contribution in [-0.4, -0.2) is 105 Å². The minimum Gasteiger partial charge on any atom is -0.443 e. The Kier molecular flexibility index (Phi) is 9.19. The summed E-state index contributed by atoms with van der Waals surface area (Å²) in [6, 6.07) is 0. The lowest BCUT2D eigenvalue weighted by atomic mass is 9.68. The smallest absolute Gasteiger partial charge is 0.414 e. The minimum absolute atomic E-state index is 0.0131. The zero-order chi connectivity index (χ0) is 26.7. The van der Waals surface area contributed by atoms with Gasteiger partial charge in [0.15, 0.2) is 0 Å². The SMILES string of the molecule is CCC(=O)N(C)CCN(C)CC(=O)NC(=O)OC1CC[C@]2(CO2)C([C@@]2(C)O[C@@H]2CC=C(C)C)C1OC. The summed E-state index contributed by atoms with van der Waals surface area (Å²) in [5, 5.41) is 2.32. The molecule has 10 nitrogen and oxygen atoms in total. The third kappa shape index (κ3) is 6.65. The number of methoxy groups -OCH3 is 1. The van der Waals surface area contributed by atoms with Gasteiger partial charge in [0.1, 0.15) is 23.4 Å². The van der Waals surface area contributed by atoms with Crippen molar-refractivity contribution in [1.82, 2.24) is 15.1 Å². The molecule has 0 aromatic rings. The van der Waals surface area contributed by atoms with Crippen molar-refractivity contribution in [3.8, 4) is 0 Å². The summed E-state index contributed by atoms with van der Waals surface area (Å²) in [7, 11) is 5.11. The molecule has 3 aliphatic rings. The number of epoxide rings is 2. The van der Waals surface area contributed by atoms with Gasteiger partial charge in [-0.25, -0.2) is 4.79 Å². The lowest BCUT2D eigenvalue weighted by Gasteiger charge is -2.42. The second-order valence-electron chi connectivity index (χ2n) is 10.8. The van der Waals surface area contributed by atoms with E-state index in [2.05, 4.69) is 32.2 Å². The topological polar surface area (TPSA) is 113 Å². The predicted octanol–water partition coefficient (Wildman–Crippen LogP) is 2.12. The van der Waals surface area contributed by atoms with E-state index >= 15 is 0 Å². The number of carbonyl (C=O) groups is 3. The molecule has 1 spiro atoms. The van der Waals surface area contributed by atoms with Crippen LogP contribution in [0.2, 0.25) is 0 Å². The number of nitrogens with zero attached hydrogens (tertiary/aromatic N) is 2. The van der Waals surface area contributed by atoms with Crippen molar-refractivity contribution in [3.63, 3.8) is 0 Å². The molecule has 1 aliphatic carbocycles. The molecule has 2 saturated heterocycles. The summed E-state index contributed by atoms with van der Waals surface area (Å²) in [5.74, 6) is -0.502. The van der Waals surface area contributed by atoms with Gasteiger partial charge < -0.3 is 23.8 Å². The zero-order valence-electron chi connectivity index (χ0n) is 22.8. The lowest BCUT2D eigenvalue weighted by Crippen LogP contribution is -2.56. The standard InChI is InChI=1S/C26H43N3O7/c1-8-21(31)29(6)14-13-28(5)15-20(30)27-24(32)35-18-11-12-26(16-34-26)23(22(18)33-7)25(4)19(36-25)10-9-17(2)3/h9,18-19,22-23H,8,10-16H2,1-7H3,(H,27,30,32)/t18?,19-,22?,23?,25+,26+/m1/s1. The first-order valence-electron chi connectivity index (χ1n) is 12.9. The van der Waals surface area contributed by atoms with Gasteiger partial charge in [-0.15, -0.1) is 0 Å². The number of allylic oxidation sites excluding steroid dienone is 1. The predicted molar refractivity (Wildman–Crippen MR) is 133 cm³/mol. The maximum atomic E-state index is 12.6. The van der Waals surface area contributed by atoms with Crippen LogP contribution in [0.1, 0.15) is 53.4 Å². The summed E-state index contributed by atoms with van der Waals surface area (Å²) in [6.07, 6.45) is 3.11. The fraction of sp³-hybridized carbons (Fsp3) is 0.808. The Hall–Kier alpha value is -2.01. The largest absolute Gasteiger partial charge is 0.443 e. The van der Waals surface area contributed by atoms with Crippen molar-refractivity contribution in [3.05, 3.63) is 11.6 Å². The van der Waals surface area contributed by atoms with Crippen LogP contribution in [0.3, 0.4) is 0 Å². The Bertz CT molecular complexity index is 854. The maximum Gasteiger partial charge on any atom is 0.414 e. The van der Waals surface area contributed by atoms with Gasteiger partial charge in [-0.2, -0.15) is 0 Å². The Morgan fingerprint density at radius 3 is 2.47 bits per heavy atom. The number of hydrogen-bond acceptors (Lipinski definition) is 8. The molecule has 6 atom stereocenters. The van der Waals surface area contributed by atoms with E-state index in [-0.39, 0.29) is 30.1 Å². The number of rotatable bonds is 11. The number of carbonyl (C=O) groups excluding carboxylic acids is 3. The third-order valence-electron chi connectivity index (χ3n) is 7.70. The Morgan fingerprint density at radius 1 is 1.19 bits per heavy atom. The van der Waals surface area contributed by atoms with Crippen molar-refractivity contribution in [2.45, 2.75) is 82.9 Å². The second kappa shape index (κ2) is 11.6. The fourth-order valence-electron chi connectivity index (χ4n) is 5.43. The molecule has 0 bridgehead atoms. The molecule has 204 valence electrons. The van der Waals surface area contributed by atoms with Crippen LogP contribution in [0, 0.1) is 5.92 Å². The quantitative estimate of drug-likeness (QED) is 0.333. The highest BCUT2D eigenvalue weighted by Crippen LogP contribution is 2.59. The average Bonchev–Trinajstić information content (AvgIpc) is 3.73. The molecule has 3 unspecified atom stereocenters. The van der Waals surface area contributed by atoms with Crippen molar-refractivity contribution in [1.29, 1.82) is 0 Å². The highest BCUT2D eigenvalue weighted by Gasteiger charge is 2.72.